The largest absolute Gasteiger partial charge is 0.478 e. The third kappa shape index (κ3) is 5.22. The van der Waals surface area contributed by atoms with Crippen molar-refractivity contribution < 1.29 is 14.3 Å². The minimum absolute atomic E-state index is 0.233. The van der Waals surface area contributed by atoms with Crippen LogP contribution < -0.4 is 5.32 Å². The van der Waals surface area contributed by atoms with Crippen LogP contribution >= 0.6 is 11.3 Å². The molecule has 0 aliphatic carbocycles. The zero-order valence-corrected chi connectivity index (χ0v) is 21.1. The summed E-state index contributed by atoms with van der Waals surface area (Å²) in [4.78, 5) is 23.0. The average Bonchev–Trinajstić information content (AvgIpc) is 3.56. The normalized spacial score (nSPS) is 11.3. The Balaban J connectivity index is 1.46. The Hall–Kier alpha value is -4.49. The van der Waals surface area contributed by atoms with Crippen LogP contribution in [0.3, 0.4) is 0 Å². The second-order valence-electron chi connectivity index (χ2n) is 8.40. The van der Waals surface area contributed by atoms with Crippen molar-refractivity contribution in [3.63, 3.8) is 0 Å². The number of rotatable bonds is 9. The van der Waals surface area contributed by atoms with E-state index in [1.807, 2.05) is 36.4 Å². The third-order valence-electron chi connectivity index (χ3n) is 5.96. The SMILES string of the molecule is C=CCc1c(CC)nc(-c2ccc(/C=C/c3coc4ccccc34)s2)nc1Nc1ccc(C(=O)O)cc1. The van der Waals surface area contributed by atoms with Crippen LogP contribution in [-0.4, -0.2) is 21.0 Å². The molecule has 6 nitrogen and oxygen atoms in total. The molecule has 0 amide bonds. The molecule has 0 fully saturated rings. The topological polar surface area (TPSA) is 88.3 Å². The molecule has 184 valence electrons. The van der Waals surface area contributed by atoms with Gasteiger partial charge in [0.05, 0.1) is 16.7 Å². The number of para-hydroxylation sites is 1. The molecule has 3 aromatic heterocycles. The van der Waals surface area contributed by atoms with Gasteiger partial charge in [0.2, 0.25) is 0 Å². The standard InChI is InChI=1S/C30H25N3O3S/c1-3-7-24-25(4-2)32-29(33-28(24)31-21-13-10-19(11-14-21)30(34)35)27-17-16-22(37-27)15-12-20-18-36-26-9-6-5-8-23(20)26/h3,5-6,8-18H,1,4,7H2,2H3,(H,34,35)(H,31,32,33)/b15-12+. The number of nitrogens with one attached hydrogen (secondary N) is 1. The number of carboxylic acids is 1. The Bertz CT molecular complexity index is 1610. The lowest BCUT2D eigenvalue weighted by molar-refractivity contribution is 0.0697. The van der Waals surface area contributed by atoms with E-state index in [1.54, 1.807) is 41.9 Å². The molecule has 37 heavy (non-hydrogen) atoms. The molecule has 0 saturated heterocycles. The smallest absolute Gasteiger partial charge is 0.335 e. The molecule has 0 aliphatic rings. The Kier molecular flexibility index (Phi) is 6.96. The summed E-state index contributed by atoms with van der Waals surface area (Å²) in [5.41, 5.74) is 4.81. The first-order valence-corrected chi connectivity index (χ1v) is 12.7. The van der Waals surface area contributed by atoms with Crippen molar-refractivity contribution in [1.82, 2.24) is 9.97 Å². The summed E-state index contributed by atoms with van der Waals surface area (Å²) in [6.45, 7) is 5.97. The summed E-state index contributed by atoms with van der Waals surface area (Å²) in [6, 6.07) is 18.7. The molecule has 7 heteroatoms. The Morgan fingerprint density at radius 3 is 2.65 bits per heavy atom. The Morgan fingerprint density at radius 2 is 1.89 bits per heavy atom. The van der Waals surface area contributed by atoms with Gasteiger partial charge in [-0.05, 0) is 67.5 Å². The van der Waals surface area contributed by atoms with Crippen LogP contribution in [0.15, 0.2) is 84.0 Å². The van der Waals surface area contributed by atoms with Crippen molar-refractivity contribution in [3.05, 3.63) is 107 Å². The molecule has 0 spiro atoms. The lowest BCUT2D eigenvalue weighted by Gasteiger charge is -2.15. The van der Waals surface area contributed by atoms with E-state index in [0.717, 1.165) is 49.7 Å². The van der Waals surface area contributed by atoms with Gasteiger partial charge in [-0.15, -0.1) is 17.9 Å². The van der Waals surface area contributed by atoms with Gasteiger partial charge in [0.25, 0.3) is 0 Å². The fourth-order valence-corrected chi connectivity index (χ4v) is 4.93. The molecule has 0 unspecified atom stereocenters. The number of allylic oxidation sites excluding steroid dienone is 1. The Morgan fingerprint density at radius 1 is 1.08 bits per heavy atom. The second-order valence-corrected chi connectivity index (χ2v) is 9.51. The predicted molar refractivity (Wildman–Crippen MR) is 150 cm³/mol. The maximum atomic E-state index is 11.2. The van der Waals surface area contributed by atoms with Gasteiger partial charge in [-0.3, -0.25) is 0 Å². The van der Waals surface area contributed by atoms with Gasteiger partial charge in [-0.2, -0.15) is 0 Å². The summed E-state index contributed by atoms with van der Waals surface area (Å²) in [7, 11) is 0. The van der Waals surface area contributed by atoms with Crippen molar-refractivity contribution >= 4 is 51.9 Å². The number of carboxylic acid groups (broad SMARTS) is 1. The van der Waals surface area contributed by atoms with Crippen LogP contribution in [0.5, 0.6) is 0 Å². The van der Waals surface area contributed by atoms with Gasteiger partial charge in [0.1, 0.15) is 11.4 Å². The van der Waals surface area contributed by atoms with E-state index in [1.165, 1.54) is 0 Å². The number of aryl methyl sites for hydroxylation is 1. The number of furan rings is 1. The van der Waals surface area contributed by atoms with E-state index >= 15 is 0 Å². The van der Waals surface area contributed by atoms with Crippen LogP contribution in [0.25, 0.3) is 33.8 Å². The van der Waals surface area contributed by atoms with E-state index in [9.17, 15) is 9.90 Å². The number of anilines is 2. The summed E-state index contributed by atoms with van der Waals surface area (Å²) in [5.74, 6) is 0.382. The summed E-state index contributed by atoms with van der Waals surface area (Å²) in [5, 5.41) is 13.6. The minimum Gasteiger partial charge on any atom is -0.478 e. The predicted octanol–water partition coefficient (Wildman–Crippen LogP) is 7.85. The number of aromatic carboxylic acids is 1. The number of carbonyl (C=O) groups is 1. The number of nitrogens with zero attached hydrogens (tertiary/aromatic N) is 2. The molecular formula is C30H25N3O3S. The van der Waals surface area contributed by atoms with Gasteiger partial charge >= 0.3 is 5.97 Å². The van der Waals surface area contributed by atoms with Gasteiger partial charge in [0.15, 0.2) is 5.82 Å². The lowest BCUT2D eigenvalue weighted by Crippen LogP contribution is -2.07. The maximum absolute atomic E-state index is 11.2. The first kappa shape index (κ1) is 24.2. The van der Waals surface area contributed by atoms with Crippen LogP contribution in [0, 0.1) is 0 Å². The van der Waals surface area contributed by atoms with Gasteiger partial charge in [0, 0.05) is 32.8 Å². The van der Waals surface area contributed by atoms with Crippen molar-refractivity contribution in [2.45, 2.75) is 19.8 Å². The first-order chi connectivity index (χ1) is 18.1. The molecule has 0 atom stereocenters. The number of fused-ring (bicyclic) bond motifs is 1. The van der Waals surface area contributed by atoms with E-state index in [2.05, 4.69) is 37.0 Å². The highest BCUT2D eigenvalue weighted by atomic mass is 32.1. The highest BCUT2D eigenvalue weighted by Gasteiger charge is 2.16. The molecule has 3 heterocycles. The number of thiophene rings is 1. The van der Waals surface area contributed by atoms with E-state index in [4.69, 9.17) is 14.4 Å². The highest BCUT2D eigenvalue weighted by Crippen LogP contribution is 2.32. The summed E-state index contributed by atoms with van der Waals surface area (Å²) < 4.78 is 5.64. The summed E-state index contributed by atoms with van der Waals surface area (Å²) in [6.07, 6.45) is 9.10. The molecule has 0 bridgehead atoms. The molecule has 0 radical (unpaired) electrons. The molecule has 5 rings (SSSR count). The highest BCUT2D eigenvalue weighted by molar-refractivity contribution is 7.16. The van der Waals surface area contributed by atoms with Gasteiger partial charge < -0.3 is 14.8 Å². The van der Waals surface area contributed by atoms with Crippen LogP contribution in [0.4, 0.5) is 11.5 Å². The van der Waals surface area contributed by atoms with E-state index < -0.39 is 5.97 Å². The van der Waals surface area contributed by atoms with Crippen LogP contribution in [0.1, 0.15) is 39.0 Å². The van der Waals surface area contributed by atoms with Crippen LogP contribution in [0.2, 0.25) is 0 Å². The van der Waals surface area contributed by atoms with Crippen molar-refractivity contribution in [2.24, 2.45) is 0 Å². The number of aromatic nitrogens is 2. The van der Waals surface area contributed by atoms with E-state index in [0.29, 0.717) is 18.1 Å². The second kappa shape index (κ2) is 10.6. The molecule has 2 N–H and O–H groups in total. The monoisotopic (exact) mass is 507 g/mol. The number of hydrogen-bond acceptors (Lipinski definition) is 6. The van der Waals surface area contributed by atoms with E-state index in [-0.39, 0.29) is 5.56 Å². The first-order valence-electron chi connectivity index (χ1n) is 11.9. The number of benzene rings is 2. The maximum Gasteiger partial charge on any atom is 0.335 e. The Labute approximate surface area is 218 Å². The zero-order valence-electron chi connectivity index (χ0n) is 20.3. The molecular weight excluding hydrogens is 482 g/mol. The average molecular weight is 508 g/mol. The third-order valence-corrected chi connectivity index (χ3v) is 7.00. The van der Waals surface area contributed by atoms with Crippen molar-refractivity contribution in [1.29, 1.82) is 0 Å². The quantitative estimate of drug-likeness (QED) is 0.198. The minimum atomic E-state index is -0.958. The summed E-state index contributed by atoms with van der Waals surface area (Å²) >= 11 is 1.62. The molecule has 0 saturated carbocycles. The molecule has 0 aliphatic heterocycles. The van der Waals surface area contributed by atoms with Crippen molar-refractivity contribution in [2.75, 3.05) is 5.32 Å². The van der Waals surface area contributed by atoms with Crippen molar-refractivity contribution in [3.8, 4) is 10.7 Å². The lowest BCUT2D eigenvalue weighted by atomic mass is 10.1. The van der Waals surface area contributed by atoms with Gasteiger partial charge in [-0.1, -0.05) is 31.2 Å². The number of hydrogen-bond donors (Lipinski definition) is 2. The van der Waals surface area contributed by atoms with Crippen LogP contribution in [-0.2, 0) is 12.8 Å². The fraction of sp³-hybridized carbons (Fsp3) is 0.100. The molecule has 2 aromatic carbocycles. The van der Waals surface area contributed by atoms with Gasteiger partial charge in [-0.25, -0.2) is 14.8 Å². The molecule has 5 aromatic rings. The zero-order chi connectivity index (χ0) is 25.8. The fourth-order valence-electron chi connectivity index (χ4n) is 4.09.